The highest BCUT2D eigenvalue weighted by Crippen LogP contribution is 2.29. The van der Waals surface area contributed by atoms with Crippen LogP contribution in [0.4, 0.5) is 0 Å². The van der Waals surface area contributed by atoms with E-state index in [1.165, 1.54) is 61.6 Å². The van der Waals surface area contributed by atoms with Gasteiger partial charge in [0.1, 0.15) is 23.9 Å². The molecule has 10 atom stereocenters. The summed E-state index contributed by atoms with van der Waals surface area (Å²) >= 11 is 0. The number of Topliss-reactive ketones (excluding diaryl/α,β-unsaturated/α-hetero) is 4. The molecule has 0 radical (unpaired) electrons. The Labute approximate surface area is 542 Å². The van der Waals surface area contributed by atoms with Crippen molar-refractivity contribution in [1.29, 1.82) is 0 Å². The van der Waals surface area contributed by atoms with E-state index in [1.807, 2.05) is 96.1 Å². The first kappa shape index (κ1) is 76.6. The Morgan fingerprint density at radius 3 is 1.76 bits per heavy atom. The molecule has 2 aromatic rings. The van der Waals surface area contributed by atoms with Gasteiger partial charge in [-0.3, -0.25) is 52.7 Å². The average molecular weight is 1260 g/mol. The molecule has 0 unspecified atom stereocenters. The summed E-state index contributed by atoms with van der Waals surface area (Å²) in [6.07, 6.45) is 1.50. The Kier molecular flexibility index (Phi) is 30.1. The first-order chi connectivity index (χ1) is 42.6. The van der Waals surface area contributed by atoms with E-state index in [1.54, 1.807) is 32.7 Å². The summed E-state index contributed by atoms with van der Waals surface area (Å²) in [5.41, 5.74) is 2.92. The number of ketones is 4. The van der Waals surface area contributed by atoms with Gasteiger partial charge in [-0.05, 0) is 111 Å². The van der Waals surface area contributed by atoms with Crippen LogP contribution >= 0.6 is 0 Å². The molecule has 91 heavy (non-hydrogen) atoms. The van der Waals surface area contributed by atoms with E-state index in [0.29, 0.717) is 25.1 Å². The number of nitrogens with zero attached hydrogens (tertiary/aromatic N) is 6. The molecule has 19 nitrogen and oxygen atoms in total. The second-order valence-corrected chi connectivity index (χ2v) is 27.9. The largest absolute Gasteiger partial charge is 0.393 e. The van der Waals surface area contributed by atoms with Gasteiger partial charge in [-0.15, -0.1) is 0 Å². The molecule has 0 aromatic heterocycles. The molecular weight excluding hydrogens is 1150 g/mol. The predicted octanol–water partition coefficient (Wildman–Crippen LogP) is 8.06. The van der Waals surface area contributed by atoms with Gasteiger partial charge in [0.25, 0.3) is 0 Å². The Morgan fingerprint density at radius 2 is 1.18 bits per heavy atom. The lowest BCUT2D eigenvalue weighted by Crippen LogP contribution is -2.57. The van der Waals surface area contributed by atoms with Crippen LogP contribution in [-0.4, -0.2) is 190 Å². The zero-order valence-electron chi connectivity index (χ0n) is 57.6. The van der Waals surface area contributed by atoms with Gasteiger partial charge >= 0.3 is 0 Å². The van der Waals surface area contributed by atoms with Crippen LogP contribution in [-0.2, 0) is 65.6 Å². The van der Waals surface area contributed by atoms with Crippen molar-refractivity contribution in [3.05, 3.63) is 77.9 Å². The van der Waals surface area contributed by atoms with Crippen molar-refractivity contribution < 1.29 is 57.8 Å². The Hall–Kier alpha value is -6.89. The Morgan fingerprint density at radius 1 is 0.582 bits per heavy atom. The zero-order valence-corrected chi connectivity index (χ0v) is 57.6. The molecule has 2 aliphatic rings. The van der Waals surface area contributed by atoms with Crippen LogP contribution in [0.1, 0.15) is 170 Å². The monoisotopic (exact) mass is 1260 g/mol. The summed E-state index contributed by atoms with van der Waals surface area (Å²) in [6.45, 7) is 24.5. The molecule has 4 rings (SSSR count). The first-order valence-corrected chi connectivity index (χ1v) is 33.1. The number of aliphatic hydroxyl groups excluding tert-OH is 1. The van der Waals surface area contributed by atoms with E-state index in [4.69, 9.17) is 0 Å². The number of piperidine rings is 1. The fourth-order valence-electron chi connectivity index (χ4n) is 12.8. The molecular formula is C72H109N7O12. The fraction of sp³-hybridized carbons (Fsp3) is 0.653. The minimum Gasteiger partial charge on any atom is -0.393 e. The summed E-state index contributed by atoms with van der Waals surface area (Å²) in [5.74, 6) is -9.70. The maximum absolute atomic E-state index is 15.0. The number of likely N-dealkylation sites (tertiary alicyclic amines) is 1. The van der Waals surface area contributed by atoms with Crippen molar-refractivity contribution in [1.82, 2.24) is 34.7 Å². The van der Waals surface area contributed by atoms with Gasteiger partial charge in [-0.1, -0.05) is 123 Å². The van der Waals surface area contributed by atoms with E-state index in [-0.39, 0.29) is 93.0 Å². The number of allylic oxidation sites excluding steroid dienone is 1. The number of carbonyl (C=O) groups excluding carboxylic acids is 11. The highest BCUT2D eigenvalue weighted by atomic mass is 16.3. The molecule has 2 aromatic carbocycles. The van der Waals surface area contributed by atoms with Crippen LogP contribution in [0.5, 0.6) is 0 Å². The number of likely N-dealkylation sites (N-methyl/N-ethyl adjacent to an activating group) is 5. The number of nitrogens with one attached hydrogen (secondary N) is 1. The predicted molar refractivity (Wildman–Crippen MR) is 353 cm³/mol. The maximum atomic E-state index is 15.0. The normalized spacial score (nSPS) is 25.7. The smallest absolute Gasteiger partial charge is 0.245 e. The fourth-order valence-corrected chi connectivity index (χ4v) is 12.8. The van der Waals surface area contributed by atoms with Crippen LogP contribution in [0.3, 0.4) is 0 Å². The van der Waals surface area contributed by atoms with Gasteiger partial charge in [0.2, 0.25) is 41.4 Å². The molecule has 504 valence electrons. The topological polar surface area (TPSA) is 239 Å². The van der Waals surface area contributed by atoms with Crippen molar-refractivity contribution in [2.45, 2.75) is 202 Å². The summed E-state index contributed by atoms with van der Waals surface area (Å²) in [5, 5.41) is 14.1. The summed E-state index contributed by atoms with van der Waals surface area (Å²) in [7, 11) is 7.34. The molecule has 2 heterocycles. The van der Waals surface area contributed by atoms with Crippen molar-refractivity contribution in [2.24, 2.45) is 47.3 Å². The molecule has 1 fully saturated rings. The third-order valence-corrected chi connectivity index (χ3v) is 18.3. The highest BCUT2D eigenvalue weighted by Gasteiger charge is 2.42. The van der Waals surface area contributed by atoms with E-state index >= 15 is 0 Å². The minimum absolute atomic E-state index is 0.0343. The summed E-state index contributed by atoms with van der Waals surface area (Å²) < 4.78 is 0. The van der Waals surface area contributed by atoms with Crippen molar-refractivity contribution >= 4 is 70.1 Å². The number of hydrogen-bond donors (Lipinski definition) is 2. The molecule has 0 spiro atoms. The van der Waals surface area contributed by atoms with Crippen LogP contribution < -0.4 is 5.32 Å². The number of hydrogen-bond acceptors (Lipinski definition) is 12. The average Bonchev–Trinajstić information content (AvgIpc) is 3.08. The zero-order chi connectivity index (χ0) is 68.3. The quantitative estimate of drug-likeness (QED) is 0.217. The SMILES string of the molecule is C=C1CCC(=O)C[C@@H](Cc2ccccc2)C(=O)N(C)[C@@H](CC(C)C)C(=O)N(C)[C@@H](C(C)C)C(=O)N(C)CC(=O)C[C@@H]([C@@H](C)O)C(=O)N(C)[C@@H](C)C(=O)C[C@@H](C)C(=O)N(C)[C@@H](CC(C)C)C(=O)C[C@@H](CC(C)C)C(=O)N[C@H](C(=O)N2CCCCC2)Cc2cccc1c2. The van der Waals surface area contributed by atoms with Gasteiger partial charge in [0.05, 0.1) is 30.7 Å². The number of carbonyl (C=O) groups is 11. The lowest BCUT2D eigenvalue weighted by atomic mass is 9.86. The van der Waals surface area contributed by atoms with Gasteiger partial charge < -0.3 is 39.8 Å². The van der Waals surface area contributed by atoms with Crippen LogP contribution in [0, 0.1) is 47.3 Å². The second kappa shape index (κ2) is 35.8. The standard InChI is InChI=1S/C72H109N7O12/c1-44(2)33-55-41-64(84)61(34-45(3)4)76(15)67(86)49(10)36-63(83)50(11)75(14)69(88)59(51(12)80)42-58(82)43-74(13)72(91)65(47(7)8)78(17)71(90)62(35-46(5)6)77(16)68(87)56(37-52-25-20-18-21-26-52)40-57(81)30-29-48(9)54-28-24-27-53(38-54)39-60(73-66(55)85)70(89)79-31-22-19-23-32-79/h18,20-21,24-28,38,44-47,49-51,55-56,59-62,65,80H,9,19,22-23,29-37,39-43H2,1-8,10-17H3,(H,73,85)/t49-,50+,51-,55-,56-,59+,60+,61+,62+,65+/m1/s1. The molecule has 2 bridgehead atoms. The Balaban J connectivity index is 1.81. The Bertz CT molecular complexity index is 2860. The molecule has 0 aliphatic carbocycles. The van der Waals surface area contributed by atoms with E-state index in [2.05, 4.69) is 11.9 Å². The molecule has 0 saturated carbocycles. The van der Waals surface area contributed by atoms with Crippen molar-refractivity contribution in [3.8, 4) is 0 Å². The van der Waals surface area contributed by atoms with E-state index in [0.717, 1.165) is 40.9 Å². The number of fused-ring (bicyclic) bond motifs is 2. The molecule has 2 N–H and O–H groups in total. The maximum Gasteiger partial charge on any atom is 0.245 e. The summed E-state index contributed by atoms with van der Waals surface area (Å²) in [6, 6.07) is 11.6. The molecule has 1 saturated heterocycles. The lowest BCUT2D eigenvalue weighted by Gasteiger charge is -2.38. The number of rotatable bonds is 11. The molecule has 19 heteroatoms. The van der Waals surface area contributed by atoms with Crippen molar-refractivity contribution in [2.75, 3.05) is 54.9 Å². The third-order valence-electron chi connectivity index (χ3n) is 18.3. The number of benzene rings is 2. The lowest BCUT2D eigenvalue weighted by molar-refractivity contribution is -0.153. The van der Waals surface area contributed by atoms with E-state index < -0.39 is 126 Å². The van der Waals surface area contributed by atoms with E-state index in [9.17, 15) is 57.8 Å². The molecule has 2 aliphatic heterocycles. The number of amides is 7. The van der Waals surface area contributed by atoms with Crippen LogP contribution in [0.25, 0.3) is 5.57 Å². The van der Waals surface area contributed by atoms with Gasteiger partial charge in [-0.25, -0.2) is 0 Å². The van der Waals surface area contributed by atoms with Crippen LogP contribution in [0.2, 0.25) is 0 Å². The van der Waals surface area contributed by atoms with Crippen molar-refractivity contribution in [3.63, 3.8) is 0 Å². The van der Waals surface area contributed by atoms with Gasteiger partial charge in [0, 0.05) is 105 Å². The first-order valence-electron chi connectivity index (χ1n) is 33.1. The van der Waals surface area contributed by atoms with Gasteiger partial charge in [-0.2, -0.15) is 0 Å². The molecule has 7 amide bonds. The third kappa shape index (κ3) is 22.4. The number of aliphatic hydroxyl groups is 1. The minimum atomic E-state index is -1.36. The second-order valence-electron chi connectivity index (χ2n) is 27.9. The van der Waals surface area contributed by atoms with Crippen LogP contribution in [0.15, 0.2) is 61.2 Å². The summed E-state index contributed by atoms with van der Waals surface area (Å²) in [4.78, 5) is 167. The van der Waals surface area contributed by atoms with Gasteiger partial charge in [0.15, 0.2) is 17.3 Å². The highest BCUT2D eigenvalue weighted by molar-refractivity contribution is 5.98.